The molecule has 170 valence electrons. The number of nitrogens with one attached hydrogen (secondary N) is 2. The summed E-state index contributed by atoms with van der Waals surface area (Å²) < 4.78 is 0. The van der Waals surface area contributed by atoms with Crippen molar-refractivity contribution in [2.24, 2.45) is 0 Å². The molecule has 0 aliphatic carbocycles. The van der Waals surface area contributed by atoms with Crippen LogP contribution in [0.3, 0.4) is 0 Å². The molecule has 3 amide bonds. The molecule has 0 bridgehead atoms. The molecule has 0 aliphatic heterocycles. The highest BCUT2D eigenvalue weighted by Crippen LogP contribution is 2.11. The van der Waals surface area contributed by atoms with Gasteiger partial charge in [0.15, 0.2) is 0 Å². The van der Waals surface area contributed by atoms with E-state index in [9.17, 15) is 9.59 Å². The number of benzene rings is 1. The first-order valence-electron chi connectivity index (χ1n) is 11.5. The molecule has 0 aliphatic rings. The minimum atomic E-state index is -0.144. The quantitative estimate of drug-likeness (QED) is 0.462. The van der Waals surface area contributed by atoms with E-state index in [2.05, 4.69) is 43.2 Å². The van der Waals surface area contributed by atoms with Gasteiger partial charge in [0, 0.05) is 31.2 Å². The first-order chi connectivity index (χ1) is 14.4. The van der Waals surface area contributed by atoms with Crippen molar-refractivity contribution >= 4 is 17.6 Å². The molecule has 1 rings (SSSR count). The highest BCUT2D eigenvalue weighted by atomic mass is 16.2. The number of anilines is 1. The topological polar surface area (TPSA) is 64.7 Å². The molecular weight excluding hydrogens is 376 g/mol. The molecule has 1 atom stereocenters. The maximum absolute atomic E-state index is 12.7. The van der Waals surface area contributed by atoms with Crippen LogP contribution in [-0.4, -0.2) is 60.5 Å². The summed E-state index contributed by atoms with van der Waals surface area (Å²) in [6.07, 6.45) is 4.29. The van der Waals surface area contributed by atoms with Gasteiger partial charge in [-0.2, -0.15) is 0 Å². The fourth-order valence-electron chi connectivity index (χ4n) is 3.41. The van der Waals surface area contributed by atoms with E-state index in [0.29, 0.717) is 19.5 Å². The zero-order valence-corrected chi connectivity index (χ0v) is 19.7. The van der Waals surface area contributed by atoms with E-state index in [4.69, 9.17) is 0 Å². The summed E-state index contributed by atoms with van der Waals surface area (Å²) in [6, 6.07) is 7.76. The average molecular weight is 419 g/mol. The molecule has 1 aromatic rings. The van der Waals surface area contributed by atoms with E-state index >= 15 is 0 Å². The number of urea groups is 1. The van der Waals surface area contributed by atoms with Crippen LogP contribution in [0.5, 0.6) is 0 Å². The van der Waals surface area contributed by atoms with Crippen LogP contribution in [0.25, 0.3) is 0 Å². The number of unbranched alkanes of at least 4 members (excludes halogenated alkanes) is 1. The maximum Gasteiger partial charge on any atom is 0.321 e. The van der Waals surface area contributed by atoms with Crippen LogP contribution >= 0.6 is 0 Å². The number of hydrogen-bond acceptors (Lipinski definition) is 3. The molecule has 6 nitrogen and oxygen atoms in total. The van der Waals surface area contributed by atoms with Gasteiger partial charge in [-0.05, 0) is 70.4 Å². The smallest absolute Gasteiger partial charge is 0.321 e. The summed E-state index contributed by atoms with van der Waals surface area (Å²) in [5.41, 5.74) is 1.88. The zero-order valence-electron chi connectivity index (χ0n) is 19.7. The van der Waals surface area contributed by atoms with Gasteiger partial charge in [-0.25, -0.2) is 4.79 Å². The van der Waals surface area contributed by atoms with Crippen LogP contribution in [0, 0.1) is 6.92 Å². The molecule has 30 heavy (non-hydrogen) atoms. The van der Waals surface area contributed by atoms with Crippen molar-refractivity contribution in [3.63, 3.8) is 0 Å². The number of aryl methyl sites for hydroxylation is 1. The molecule has 0 saturated carbocycles. The Bertz CT molecular complexity index is 631. The highest BCUT2D eigenvalue weighted by Gasteiger charge is 2.16. The van der Waals surface area contributed by atoms with Gasteiger partial charge in [-0.15, -0.1) is 0 Å². The highest BCUT2D eigenvalue weighted by molar-refractivity contribution is 5.89. The van der Waals surface area contributed by atoms with Crippen molar-refractivity contribution in [3.8, 4) is 0 Å². The van der Waals surface area contributed by atoms with Crippen LogP contribution in [0.15, 0.2) is 24.3 Å². The third-order valence-electron chi connectivity index (χ3n) is 5.36. The second-order valence-corrected chi connectivity index (χ2v) is 8.03. The number of carbonyl (C=O) groups is 2. The second kappa shape index (κ2) is 14.8. The largest absolute Gasteiger partial charge is 0.354 e. The zero-order chi connectivity index (χ0) is 22.4. The minimum Gasteiger partial charge on any atom is -0.354 e. The number of carbonyl (C=O) groups excluding carboxylic acids is 2. The molecular formula is C24H42N4O2. The van der Waals surface area contributed by atoms with Gasteiger partial charge in [0.05, 0.1) is 0 Å². The lowest BCUT2D eigenvalue weighted by atomic mass is 10.1. The molecule has 6 heteroatoms. The SMILES string of the molecule is CCCCN(CCC(=O)NC(C)CCCN(CC)CC)C(=O)Nc1cccc(C)c1. The van der Waals surface area contributed by atoms with Crippen LogP contribution in [0.4, 0.5) is 10.5 Å². The van der Waals surface area contributed by atoms with Gasteiger partial charge in [0.25, 0.3) is 0 Å². The van der Waals surface area contributed by atoms with E-state index in [-0.39, 0.29) is 18.0 Å². The molecule has 0 saturated heterocycles. The molecule has 0 spiro atoms. The van der Waals surface area contributed by atoms with Gasteiger partial charge >= 0.3 is 6.03 Å². The Hall–Kier alpha value is -2.08. The molecule has 1 unspecified atom stereocenters. The van der Waals surface area contributed by atoms with Crippen molar-refractivity contribution < 1.29 is 9.59 Å². The second-order valence-electron chi connectivity index (χ2n) is 8.03. The van der Waals surface area contributed by atoms with Crippen molar-refractivity contribution in [2.75, 3.05) is 38.0 Å². The number of nitrogens with zero attached hydrogens (tertiary/aromatic N) is 2. The van der Waals surface area contributed by atoms with Gasteiger partial charge in [-0.3, -0.25) is 4.79 Å². The van der Waals surface area contributed by atoms with Crippen LogP contribution < -0.4 is 10.6 Å². The minimum absolute atomic E-state index is 0.00944. The van der Waals surface area contributed by atoms with Crippen LogP contribution in [0.2, 0.25) is 0 Å². The van der Waals surface area contributed by atoms with E-state index in [1.165, 1.54) is 0 Å². The van der Waals surface area contributed by atoms with Gasteiger partial charge in [0.2, 0.25) is 5.91 Å². The fourth-order valence-corrected chi connectivity index (χ4v) is 3.41. The lowest BCUT2D eigenvalue weighted by Gasteiger charge is -2.24. The van der Waals surface area contributed by atoms with E-state index in [0.717, 1.165) is 56.6 Å². The number of hydrogen-bond donors (Lipinski definition) is 2. The van der Waals surface area contributed by atoms with E-state index in [1.807, 2.05) is 31.2 Å². The number of rotatable bonds is 14. The monoisotopic (exact) mass is 418 g/mol. The Morgan fingerprint density at radius 1 is 1.03 bits per heavy atom. The molecule has 1 aromatic carbocycles. The first-order valence-corrected chi connectivity index (χ1v) is 11.5. The van der Waals surface area contributed by atoms with Crippen LogP contribution in [0.1, 0.15) is 65.4 Å². The van der Waals surface area contributed by atoms with Crippen molar-refractivity contribution in [3.05, 3.63) is 29.8 Å². The Balaban J connectivity index is 2.46. The normalized spacial score (nSPS) is 11.9. The van der Waals surface area contributed by atoms with Gasteiger partial charge in [0.1, 0.15) is 0 Å². The molecule has 0 aromatic heterocycles. The number of amides is 3. The summed E-state index contributed by atoms with van der Waals surface area (Å²) in [5.74, 6) is 0.00944. The fraction of sp³-hybridized carbons (Fsp3) is 0.667. The Kier molecular flexibility index (Phi) is 12.8. The lowest BCUT2D eigenvalue weighted by molar-refractivity contribution is -0.121. The van der Waals surface area contributed by atoms with Gasteiger partial charge < -0.3 is 20.4 Å². The Morgan fingerprint density at radius 2 is 1.77 bits per heavy atom. The van der Waals surface area contributed by atoms with Crippen molar-refractivity contribution in [2.45, 2.75) is 72.8 Å². The van der Waals surface area contributed by atoms with Crippen molar-refractivity contribution in [1.82, 2.24) is 15.1 Å². The summed E-state index contributed by atoms with van der Waals surface area (Å²) in [6.45, 7) is 14.8. The Labute approximate surface area is 183 Å². The van der Waals surface area contributed by atoms with E-state index < -0.39 is 0 Å². The standard InChI is InChI=1S/C24H42N4O2/c1-6-9-17-28(24(30)26-22-14-10-12-20(4)19-22)18-15-23(29)25-21(5)13-11-16-27(7-2)8-3/h10,12,14,19,21H,6-9,11,13,15-18H2,1-5H3,(H,25,29)(H,26,30). The van der Waals surface area contributed by atoms with Crippen LogP contribution in [-0.2, 0) is 4.79 Å². The summed E-state index contributed by atoms with van der Waals surface area (Å²) in [7, 11) is 0. The summed E-state index contributed by atoms with van der Waals surface area (Å²) in [5, 5.41) is 6.04. The van der Waals surface area contributed by atoms with Crippen molar-refractivity contribution in [1.29, 1.82) is 0 Å². The first kappa shape index (κ1) is 26.0. The molecule has 2 N–H and O–H groups in total. The third-order valence-corrected chi connectivity index (χ3v) is 5.36. The molecule has 0 radical (unpaired) electrons. The summed E-state index contributed by atoms with van der Waals surface area (Å²) >= 11 is 0. The van der Waals surface area contributed by atoms with E-state index in [1.54, 1.807) is 4.90 Å². The maximum atomic E-state index is 12.7. The Morgan fingerprint density at radius 3 is 2.40 bits per heavy atom. The predicted molar refractivity (Wildman–Crippen MR) is 126 cm³/mol. The third kappa shape index (κ3) is 10.6. The lowest BCUT2D eigenvalue weighted by Crippen LogP contribution is -2.40. The molecule has 0 heterocycles. The summed E-state index contributed by atoms with van der Waals surface area (Å²) in [4.78, 5) is 29.2. The molecule has 0 fully saturated rings. The predicted octanol–water partition coefficient (Wildman–Crippen LogP) is 4.65. The average Bonchev–Trinajstić information content (AvgIpc) is 2.71. The van der Waals surface area contributed by atoms with Gasteiger partial charge in [-0.1, -0.05) is 39.3 Å².